The van der Waals surface area contributed by atoms with Crippen LogP contribution in [0.1, 0.15) is 106 Å². The SMILES string of the molecule is CC(C)(C)Cc1cc(-c2[c-]c3ccccc3c(C(C)(C)C)c2)ncn1.CCC(CC)C(=O)/C=C(\O)C(CC)CC.[Ir]. The van der Waals surface area contributed by atoms with Gasteiger partial charge in [0, 0.05) is 49.4 Å². The number of aromatic nitrogens is 2. The first-order chi connectivity index (χ1) is 18.7. The minimum absolute atomic E-state index is 0. The molecule has 0 aliphatic heterocycles. The van der Waals surface area contributed by atoms with Gasteiger partial charge in [0.15, 0.2) is 5.78 Å². The normalized spacial score (nSPS) is 12.2. The standard InChI is InChI=1S/C23H27N2.C13H24O2.Ir/c1-22(2,3)14-18-13-21(25-15-24-18)17-11-16-9-7-8-10-19(16)20(12-17)23(4,5)6;1-5-10(6-2)12(14)9-13(15)11(7-3)8-4;/h7-10,12-13,15H,14H2,1-6H3;9-11,14H,5-8H2,1-4H3;/q-1;;/b;12-9-;. The Hall–Kier alpha value is -2.36. The van der Waals surface area contributed by atoms with E-state index in [-0.39, 0.29) is 54.3 Å². The van der Waals surface area contributed by atoms with Crippen molar-refractivity contribution in [1.82, 2.24) is 9.97 Å². The fraction of sp³-hybridized carbons (Fsp3) is 0.528. The molecule has 0 fully saturated rings. The number of fused-ring (bicyclic) bond motifs is 1. The van der Waals surface area contributed by atoms with Crippen molar-refractivity contribution in [2.75, 3.05) is 0 Å². The average Bonchev–Trinajstić information content (AvgIpc) is 2.88. The Morgan fingerprint density at radius 1 is 0.902 bits per heavy atom. The second-order valence-corrected chi connectivity index (χ2v) is 13.0. The van der Waals surface area contributed by atoms with Crippen molar-refractivity contribution in [1.29, 1.82) is 0 Å². The van der Waals surface area contributed by atoms with E-state index in [1.54, 1.807) is 6.33 Å². The minimum Gasteiger partial charge on any atom is -0.512 e. The Morgan fingerprint density at radius 2 is 1.49 bits per heavy atom. The molecule has 3 rings (SSSR count). The van der Waals surface area contributed by atoms with Crippen molar-refractivity contribution in [3.63, 3.8) is 0 Å². The van der Waals surface area contributed by atoms with Crippen molar-refractivity contribution < 1.29 is 30.0 Å². The van der Waals surface area contributed by atoms with Crippen molar-refractivity contribution in [2.24, 2.45) is 17.3 Å². The van der Waals surface area contributed by atoms with Crippen molar-refractivity contribution in [3.05, 3.63) is 71.9 Å². The zero-order valence-electron chi connectivity index (χ0n) is 26.9. The van der Waals surface area contributed by atoms with E-state index < -0.39 is 0 Å². The molecule has 0 atom stereocenters. The largest absolute Gasteiger partial charge is 0.512 e. The summed E-state index contributed by atoms with van der Waals surface area (Å²) in [6.45, 7) is 21.5. The molecule has 3 aromatic rings. The monoisotopic (exact) mass is 736 g/mol. The molecule has 5 heteroatoms. The van der Waals surface area contributed by atoms with Crippen LogP contribution in [0.3, 0.4) is 0 Å². The molecule has 0 amide bonds. The molecule has 0 bridgehead atoms. The van der Waals surface area contributed by atoms with E-state index in [0.29, 0.717) is 0 Å². The number of aliphatic hydroxyl groups excluding tert-OH is 1. The molecule has 0 unspecified atom stereocenters. The van der Waals surface area contributed by atoms with Gasteiger partial charge in [-0.05, 0) is 49.0 Å². The van der Waals surface area contributed by atoms with Gasteiger partial charge in [0.1, 0.15) is 6.33 Å². The fourth-order valence-corrected chi connectivity index (χ4v) is 4.95. The maximum Gasteiger partial charge on any atom is 0.162 e. The van der Waals surface area contributed by atoms with Crippen LogP contribution < -0.4 is 0 Å². The first-order valence-corrected chi connectivity index (χ1v) is 14.9. The number of nitrogens with zero attached hydrogens (tertiary/aromatic N) is 2. The van der Waals surface area contributed by atoms with Crippen LogP contribution in [0.4, 0.5) is 0 Å². The van der Waals surface area contributed by atoms with Crippen LogP contribution in [-0.4, -0.2) is 20.9 Å². The summed E-state index contributed by atoms with van der Waals surface area (Å²) in [6.07, 6.45) is 7.52. The van der Waals surface area contributed by atoms with E-state index in [2.05, 4.69) is 94.0 Å². The van der Waals surface area contributed by atoms with Crippen LogP contribution in [0.15, 0.2) is 54.6 Å². The summed E-state index contributed by atoms with van der Waals surface area (Å²) in [5, 5.41) is 12.2. The number of ketones is 1. The number of rotatable bonds is 9. The van der Waals surface area contributed by atoms with Crippen LogP contribution in [-0.2, 0) is 36.7 Å². The Bertz CT molecular complexity index is 1280. The molecule has 0 aliphatic carbocycles. The van der Waals surface area contributed by atoms with Gasteiger partial charge in [-0.25, -0.2) is 4.98 Å². The molecule has 0 spiro atoms. The van der Waals surface area contributed by atoms with Gasteiger partial charge in [-0.2, -0.15) is 0 Å². The van der Waals surface area contributed by atoms with Crippen LogP contribution in [0.25, 0.3) is 22.0 Å². The van der Waals surface area contributed by atoms with E-state index in [0.717, 1.165) is 54.4 Å². The van der Waals surface area contributed by atoms with E-state index in [1.807, 2.05) is 27.7 Å². The summed E-state index contributed by atoms with van der Waals surface area (Å²) in [7, 11) is 0. The molecule has 0 aliphatic rings. The van der Waals surface area contributed by atoms with Gasteiger partial charge < -0.3 is 5.11 Å². The molecular formula is C36H51IrN2O2-. The average molecular weight is 736 g/mol. The molecule has 0 saturated heterocycles. The minimum atomic E-state index is 0. The molecule has 2 aromatic carbocycles. The van der Waals surface area contributed by atoms with E-state index in [9.17, 15) is 9.90 Å². The topological polar surface area (TPSA) is 63.1 Å². The van der Waals surface area contributed by atoms with Crippen molar-refractivity contribution in [2.45, 2.75) is 107 Å². The summed E-state index contributed by atoms with van der Waals surface area (Å²) in [5.41, 5.74) is 4.66. The first kappa shape index (κ1) is 36.7. The number of hydrogen-bond donors (Lipinski definition) is 1. The molecule has 1 aromatic heterocycles. The fourth-order valence-electron chi connectivity index (χ4n) is 4.95. The predicted molar refractivity (Wildman–Crippen MR) is 170 cm³/mol. The van der Waals surface area contributed by atoms with Crippen LogP contribution in [0.2, 0.25) is 0 Å². The number of carbonyl (C=O) groups is 1. The van der Waals surface area contributed by atoms with Crippen LogP contribution in [0, 0.1) is 23.3 Å². The Balaban J connectivity index is 0.000000456. The quantitative estimate of drug-likeness (QED) is 0.135. The Kier molecular flexibility index (Phi) is 14.6. The van der Waals surface area contributed by atoms with Gasteiger partial charge in [-0.1, -0.05) is 98.4 Å². The molecule has 227 valence electrons. The summed E-state index contributed by atoms with van der Waals surface area (Å²) in [6, 6.07) is 16.4. The smallest absolute Gasteiger partial charge is 0.162 e. The van der Waals surface area contributed by atoms with Gasteiger partial charge in [0.2, 0.25) is 0 Å². The molecule has 41 heavy (non-hydrogen) atoms. The first-order valence-electron chi connectivity index (χ1n) is 14.9. The van der Waals surface area contributed by atoms with Crippen LogP contribution in [0.5, 0.6) is 0 Å². The van der Waals surface area contributed by atoms with Gasteiger partial charge in [0.05, 0.1) is 5.76 Å². The predicted octanol–water partition coefficient (Wildman–Crippen LogP) is 9.85. The number of carbonyl (C=O) groups excluding carboxylic acids is 1. The molecule has 1 N–H and O–H groups in total. The Labute approximate surface area is 262 Å². The second-order valence-electron chi connectivity index (χ2n) is 13.0. The molecule has 4 nitrogen and oxygen atoms in total. The molecular weight excluding hydrogens is 685 g/mol. The summed E-state index contributed by atoms with van der Waals surface area (Å²) >= 11 is 0. The third kappa shape index (κ3) is 11.1. The third-order valence-corrected chi connectivity index (χ3v) is 7.38. The van der Waals surface area contributed by atoms with Crippen LogP contribution >= 0.6 is 0 Å². The Morgan fingerprint density at radius 3 is 2.02 bits per heavy atom. The van der Waals surface area contributed by atoms with E-state index in [4.69, 9.17) is 0 Å². The summed E-state index contributed by atoms with van der Waals surface area (Å²) in [4.78, 5) is 20.7. The second kappa shape index (κ2) is 16.3. The third-order valence-electron chi connectivity index (χ3n) is 7.38. The molecule has 1 heterocycles. The zero-order valence-corrected chi connectivity index (χ0v) is 29.3. The van der Waals surface area contributed by atoms with Gasteiger partial charge in [-0.3, -0.25) is 9.78 Å². The maximum atomic E-state index is 11.7. The number of aliphatic hydroxyl groups is 1. The summed E-state index contributed by atoms with van der Waals surface area (Å²) in [5.74, 6) is 0.547. The van der Waals surface area contributed by atoms with Gasteiger partial charge >= 0.3 is 0 Å². The van der Waals surface area contributed by atoms with Crippen molar-refractivity contribution in [3.8, 4) is 11.3 Å². The van der Waals surface area contributed by atoms with Gasteiger partial charge in [-0.15, -0.1) is 29.1 Å². The maximum absolute atomic E-state index is 11.7. The van der Waals surface area contributed by atoms with Crippen molar-refractivity contribution >= 4 is 16.6 Å². The summed E-state index contributed by atoms with van der Waals surface area (Å²) < 4.78 is 0. The van der Waals surface area contributed by atoms with Gasteiger partial charge in [0.25, 0.3) is 0 Å². The molecule has 0 saturated carbocycles. The zero-order chi connectivity index (χ0) is 30.1. The number of benzene rings is 2. The molecule has 1 radical (unpaired) electrons. The number of hydrogen-bond acceptors (Lipinski definition) is 4. The van der Waals surface area contributed by atoms with E-state index >= 15 is 0 Å². The number of allylic oxidation sites excluding steroid dienone is 2. The van der Waals surface area contributed by atoms with E-state index in [1.165, 1.54) is 17.0 Å².